The summed E-state index contributed by atoms with van der Waals surface area (Å²) in [6, 6.07) is 0. The molecule has 0 spiro atoms. The normalized spacial score (nSPS) is 20.2. The molecule has 9 nitrogen and oxygen atoms in total. The Bertz CT molecular complexity index is 498. The van der Waals surface area contributed by atoms with Crippen LogP contribution in [-0.2, 0) is 11.3 Å². The second kappa shape index (κ2) is 8.73. The highest BCUT2D eigenvalue weighted by molar-refractivity contribution is 5.71. The number of rotatable bonds is 7. The summed E-state index contributed by atoms with van der Waals surface area (Å²) < 4.78 is 0. The highest BCUT2D eigenvalue weighted by Crippen LogP contribution is 2.09. The first-order valence-corrected chi connectivity index (χ1v) is 7.57. The maximum atomic E-state index is 10.5. The van der Waals surface area contributed by atoms with Crippen molar-refractivity contribution in [3.05, 3.63) is 18.0 Å². The lowest BCUT2D eigenvalue weighted by Gasteiger charge is -2.21. The Hall–Kier alpha value is -1.81. The van der Waals surface area contributed by atoms with Gasteiger partial charge in [0, 0.05) is 57.2 Å². The number of β-amino-alcohol motifs (C(OH)–C–C–N with tert-alkyl or cyclic N) is 2. The molecule has 0 radical (unpaired) electrons. The van der Waals surface area contributed by atoms with E-state index in [2.05, 4.69) is 20.2 Å². The molecule has 1 atom stereocenters. The van der Waals surface area contributed by atoms with Crippen molar-refractivity contribution in [2.45, 2.75) is 12.6 Å². The maximum absolute atomic E-state index is 10.5. The minimum Gasteiger partial charge on any atom is -0.480 e. The summed E-state index contributed by atoms with van der Waals surface area (Å²) in [7, 11) is 0. The van der Waals surface area contributed by atoms with Crippen molar-refractivity contribution in [2.24, 2.45) is 0 Å². The number of aliphatic carboxylic acids is 1. The van der Waals surface area contributed by atoms with Gasteiger partial charge in [0.1, 0.15) is 6.54 Å². The van der Waals surface area contributed by atoms with Crippen molar-refractivity contribution in [1.82, 2.24) is 19.8 Å². The van der Waals surface area contributed by atoms with Gasteiger partial charge in [-0.15, -0.1) is 0 Å². The number of aliphatic hydroxyl groups is 2. The Balaban J connectivity index is 1.87. The fraction of sp³-hybridized carbons (Fsp3) is 0.643. The van der Waals surface area contributed by atoms with Gasteiger partial charge in [0.05, 0.1) is 12.7 Å². The summed E-state index contributed by atoms with van der Waals surface area (Å²) >= 11 is 0. The van der Waals surface area contributed by atoms with Crippen LogP contribution in [0.2, 0.25) is 0 Å². The zero-order valence-electron chi connectivity index (χ0n) is 12.9. The van der Waals surface area contributed by atoms with Crippen LogP contribution in [0.1, 0.15) is 5.56 Å². The first kappa shape index (κ1) is 17.5. The minimum absolute atomic E-state index is 0.0887. The maximum Gasteiger partial charge on any atom is 0.322 e. The molecule has 0 amide bonds. The van der Waals surface area contributed by atoms with E-state index in [0.29, 0.717) is 26.2 Å². The fourth-order valence-corrected chi connectivity index (χ4v) is 2.55. The number of carboxylic acids is 1. The van der Waals surface area contributed by atoms with E-state index in [-0.39, 0.29) is 19.1 Å². The lowest BCUT2D eigenvalue weighted by molar-refractivity contribution is -0.134. The smallest absolute Gasteiger partial charge is 0.322 e. The van der Waals surface area contributed by atoms with Gasteiger partial charge in [-0.1, -0.05) is 0 Å². The zero-order chi connectivity index (χ0) is 16.7. The number of nitrogens with one attached hydrogen (secondary N) is 1. The minimum atomic E-state index is -0.969. The van der Waals surface area contributed by atoms with Crippen LogP contribution < -0.4 is 5.32 Å². The molecule has 2 rings (SSSR count). The van der Waals surface area contributed by atoms with E-state index in [4.69, 9.17) is 10.2 Å². The average Bonchev–Trinajstić information content (AvgIpc) is 2.68. The Morgan fingerprint density at radius 2 is 1.91 bits per heavy atom. The predicted octanol–water partition coefficient (Wildman–Crippen LogP) is -1.56. The predicted molar refractivity (Wildman–Crippen MR) is 83.0 cm³/mol. The molecule has 0 aliphatic carbocycles. The van der Waals surface area contributed by atoms with Crippen LogP contribution in [0.25, 0.3) is 0 Å². The second-order valence-electron chi connectivity index (χ2n) is 5.58. The van der Waals surface area contributed by atoms with Gasteiger partial charge in [0.2, 0.25) is 5.95 Å². The first-order chi connectivity index (χ1) is 11.1. The topological polar surface area (TPSA) is 122 Å². The third kappa shape index (κ3) is 6.06. The van der Waals surface area contributed by atoms with Crippen molar-refractivity contribution in [3.63, 3.8) is 0 Å². The molecule has 9 heteroatoms. The van der Waals surface area contributed by atoms with E-state index in [1.807, 2.05) is 4.90 Å². The van der Waals surface area contributed by atoms with Crippen LogP contribution in [0.4, 0.5) is 5.95 Å². The molecular weight excluding hydrogens is 302 g/mol. The SMILES string of the molecule is O=C(O)CNc1ncc(CN2CCN(CCO)C[C@@H](O)C2)cn1. The Labute approximate surface area is 134 Å². The van der Waals surface area contributed by atoms with Gasteiger partial charge in [-0.2, -0.15) is 0 Å². The zero-order valence-corrected chi connectivity index (χ0v) is 12.9. The van der Waals surface area contributed by atoms with Gasteiger partial charge < -0.3 is 20.6 Å². The largest absolute Gasteiger partial charge is 0.480 e. The van der Waals surface area contributed by atoms with E-state index >= 15 is 0 Å². The molecule has 4 N–H and O–H groups in total. The number of hydrogen-bond donors (Lipinski definition) is 4. The molecule has 128 valence electrons. The summed E-state index contributed by atoms with van der Waals surface area (Å²) in [4.78, 5) is 22.8. The van der Waals surface area contributed by atoms with E-state index in [1.165, 1.54) is 0 Å². The lowest BCUT2D eigenvalue weighted by Crippen LogP contribution is -2.34. The second-order valence-corrected chi connectivity index (χ2v) is 5.58. The van der Waals surface area contributed by atoms with Gasteiger partial charge in [-0.05, 0) is 0 Å². The third-order valence-electron chi connectivity index (χ3n) is 3.60. The molecule has 23 heavy (non-hydrogen) atoms. The summed E-state index contributed by atoms with van der Waals surface area (Å²) in [6.07, 6.45) is 2.85. The Kier molecular flexibility index (Phi) is 6.66. The van der Waals surface area contributed by atoms with Crippen molar-refractivity contribution >= 4 is 11.9 Å². The molecule has 1 aliphatic rings. The summed E-state index contributed by atoms with van der Waals surface area (Å²) in [6.45, 7) is 3.74. The molecule has 1 fully saturated rings. The van der Waals surface area contributed by atoms with Gasteiger partial charge in [0.25, 0.3) is 0 Å². The summed E-state index contributed by atoms with van der Waals surface area (Å²) in [5, 5.41) is 30.2. The average molecular weight is 325 g/mol. The van der Waals surface area contributed by atoms with Gasteiger partial charge >= 0.3 is 5.97 Å². The van der Waals surface area contributed by atoms with Crippen LogP contribution in [0.3, 0.4) is 0 Å². The van der Waals surface area contributed by atoms with Crippen LogP contribution in [0.15, 0.2) is 12.4 Å². The molecule has 1 aromatic rings. The van der Waals surface area contributed by atoms with Crippen LogP contribution >= 0.6 is 0 Å². The van der Waals surface area contributed by atoms with Gasteiger partial charge in [0.15, 0.2) is 0 Å². The van der Waals surface area contributed by atoms with E-state index < -0.39 is 12.1 Å². The molecule has 0 bridgehead atoms. The van der Waals surface area contributed by atoms with Gasteiger partial charge in [-0.3, -0.25) is 14.6 Å². The molecule has 0 saturated carbocycles. The monoisotopic (exact) mass is 325 g/mol. The van der Waals surface area contributed by atoms with Crippen LogP contribution in [0, 0.1) is 0 Å². The molecular formula is C14H23N5O4. The fourth-order valence-electron chi connectivity index (χ4n) is 2.55. The van der Waals surface area contributed by atoms with Crippen molar-refractivity contribution < 1.29 is 20.1 Å². The highest BCUT2D eigenvalue weighted by Gasteiger charge is 2.21. The third-order valence-corrected chi connectivity index (χ3v) is 3.60. The van der Waals surface area contributed by atoms with E-state index in [1.54, 1.807) is 12.4 Å². The number of anilines is 1. The molecule has 1 saturated heterocycles. The van der Waals surface area contributed by atoms with Crippen molar-refractivity contribution in [1.29, 1.82) is 0 Å². The number of carbonyl (C=O) groups is 1. The highest BCUT2D eigenvalue weighted by atomic mass is 16.4. The van der Waals surface area contributed by atoms with E-state index in [9.17, 15) is 9.90 Å². The molecule has 0 aromatic carbocycles. The number of carboxylic acid groups (broad SMARTS) is 1. The standard InChI is InChI=1S/C14H23N5O4/c20-4-3-18-1-2-19(10-12(21)9-18)8-11-5-15-14(16-6-11)17-7-13(22)23/h5-6,12,20-21H,1-4,7-10H2,(H,22,23)(H,15,16,17)/t12-/m1/s1. The quantitative estimate of drug-likeness (QED) is 0.471. The lowest BCUT2D eigenvalue weighted by atomic mass is 10.2. The van der Waals surface area contributed by atoms with Crippen molar-refractivity contribution in [3.8, 4) is 0 Å². The number of aliphatic hydroxyl groups excluding tert-OH is 2. The summed E-state index contributed by atoms with van der Waals surface area (Å²) in [5.74, 6) is -0.690. The molecule has 1 aliphatic heterocycles. The number of hydrogen-bond acceptors (Lipinski definition) is 8. The molecule has 2 heterocycles. The molecule has 1 aromatic heterocycles. The Morgan fingerprint density at radius 3 is 2.57 bits per heavy atom. The number of nitrogens with zero attached hydrogens (tertiary/aromatic N) is 4. The van der Waals surface area contributed by atoms with Crippen LogP contribution in [0.5, 0.6) is 0 Å². The Morgan fingerprint density at radius 1 is 1.26 bits per heavy atom. The summed E-state index contributed by atoms with van der Waals surface area (Å²) in [5.41, 5.74) is 0.897. The van der Waals surface area contributed by atoms with Crippen LogP contribution in [-0.4, -0.2) is 93.0 Å². The number of aromatic nitrogens is 2. The van der Waals surface area contributed by atoms with E-state index in [0.717, 1.165) is 18.7 Å². The first-order valence-electron chi connectivity index (χ1n) is 7.57. The van der Waals surface area contributed by atoms with Crippen molar-refractivity contribution in [2.75, 3.05) is 51.2 Å². The van der Waals surface area contributed by atoms with Gasteiger partial charge in [-0.25, -0.2) is 9.97 Å². The molecule has 0 unspecified atom stereocenters.